The van der Waals surface area contributed by atoms with Crippen molar-refractivity contribution in [1.82, 2.24) is 0 Å². The van der Waals surface area contributed by atoms with E-state index in [1.54, 1.807) is 24.3 Å². The Morgan fingerprint density at radius 3 is 2.21 bits per heavy atom. The highest BCUT2D eigenvalue weighted by molar-refractivity contribution is 6.67. The maximum absolute atomic E-state index is 10.7. The highest BCUT2D eigenvalue weighted by Gasteiger charge is 2.00. The van der Waals surface area contributed by atoms with Gasteiger partial charge < -0.3 is 11.1 Å². The summed E-state index contributed by atoms with van der Waals surface area (Å²) < 4.78 is 0. The number of hydrogen-bond donors (Lipinski definition) is 3. The molecule has 0 bridgehead atoms. The summed E-state index contributed by atoms with van der Waals surface area (Å²) >= 11 is 5.23. The van der Waals surface area contributed by atoms with E-state index in [1.165, 1.54) is 0 Å². The molecule has 4 N–H and O–H groups in total. The average Bonchev–Trinajstić information content (AvgIpc) is 2.04. The van der Waals surface area contributed by atoms with Crippen molar-refractivity contribution in [3.8, 4) is 0 Å². The van der Waals surface area contributed by atoms with E-state index in [0.717, 1.165) is 0 Å². The molecule has 0 saturated heterocycles. The standard InChI is InChI=1S/C8H8ClN3O.ClH/c9-7(13)5-1-3-6(4-2-5)12-8(10)11;/h1-4H,(H4,10,11,12);1H. The summed E-state index contributed by atoms with van der Waals surface area (Å²) in [7, 11) is 0. The molecular formula is C8H9Cl2N3O. The Kier molecular flexibility index (Phi) is 4.97. The Labute approximate surface area is 92.4 Å². The van der Waals surface area contributed by atoms with Gasteiger partial charge in [-0.15, -0.1) is 12.4 Å². The van der Waals surface area contributed by atoms with Crippen molar-refractivity contribution in [2.45, 2.75) is 0 Å². The molecule has 0 heterocycles. The van der Waals surface area contributed by atoms with Crippen molar-refractivity contribution in [2.75, 3.05) is 5.32 Å². The Morgan fingerprint density at radius 2 is 1.86 bits per heavy atom. The second-order valence-electron chi connectivity index (χ2n) is 2.39. The predicted octanol–water partition coefficient (Wildman–Crippen LogP) is 1.79. The van der Waals surface area contributed by atoms with Gasteiger partial charge >= 0.3 is 0 Å². The van der Waals surface area contributed by atoms with Gasteiger partial charge in [0.25, 0.3) is 5.24 Å². The van der Waals surface area contributed by atoms with Crippen molar-refractivity contribution < 1.29 is 4.79 Å². The minimum Gasteiger partial charge on any atom is -0.370 e. The molecule has 0 atom stereocenters. The van der Waals surface area contributed by atoms with Crippen LogP contribution < -0.4 is 11.1 Å². The Balaban J connectivity index is 0.00000169. The molecule has 14 heavy (non-hydrogen) atoms. The zero-order valence-electron chi connectivity index (χ0n) is 7.08. The van der Waals surface area contributed by atoms with Gasteiger partial charge in [0.05, 0.1) is 0 Å². The lowest BCUT2D eigenvalue weighted by atomic mass is 10.2. The zero-order valence-corrected chi connectivity index (χ0v) is 8.65. The quantitative estimate of drug-likeness (QED) is 0.414. The number of guanidine groups is 1. The molecule has 6 heteroatoms. The number of halogens is 2. The molecule has 0 aliphatic heterocycles. The molecule has 0 amide bonds. The maximum atomic E-state index is 10.7. The summed E-state index contributed by atoms with van der Waals surface area (Å²) in [5.41, 5.74) is 6.16. The molecule has 1 aromatic carbocycles. The van der Waals surface area contributed by atoms with Crippen molar-refractivity contribution >= 4 is 40.9 Å². The molecule has 1 rings (SSSR count). The summed E-state index contributed by atoms with van der Waals surface area (Å²) in [5, 5.41) is 9.02. The van der Waals surface area contributed by atoms with Crippen molar-refractivity contribution in [3.63, 3.8) is 0 Å². The lowest BCUT2D eigenvalue weighted by Crippen LogP contribution is -2.20. The van der Waals surface area contributed by atoms with Crippen LogP contribution in [0.15, 0.2) is 24.3 Å². The van der Waals surface area contributed by atoms with E-state index in [-0.39, 0.29) is 18.4 Å². The average molecular weight is 234 g/mol. The first-order valence-corrected chi connectivity index (χ1v) is 3.88. The van der Waals surface area contributed by atoms with Crippen LogP contribution in [0, 0.1) is 5.41 Å². The molecule has 0 aromatic heterocycles. The van der Waals surface area contributed by atoms with Crippen LogP contribution in [-0.2, 0) is 0 Å². The third-order valence-electron chi connectivity index (χ3n) is 1.39. The Bertz CT molecular complexity index is 337. The van der Waals surface area contributed by atoms with Crippen LogP contribution in [0.3, 0.4) is 0 Å². The molecule has 0 radical (unpaired) electrons. The van der Waals surface area contributed by atoms with E-state index in [4.69, 9.17) is 22.7 Å². The smallest absolute Gasteiger partial charge is 0.252 e. The Hall–Kier alpha value is -1.26. The van der Waals surface area contributed by atoms with Gasteiger partial charge in [-0.05, 0) is 35.9 Å². The van der Waals surface area contributed by atoms with Gasteiger partial charge in [0.1, 0.15) is 0 Å². The van der Waals surface area contributed by atoms with Gasteiger partial charge in [0, 0.05) is 11.3 Å². The van der Waals surface area contributed by atoms with Crippen LogP contribution in [0.2, 0.25) is 0 Å². The van der Waals surface area contributed by atoms with E-state index in [2.05, 4.69) is 5.32 Å². The fourth-order valence-electron chi connectivity index (χ4n) is 0.840. The van der Waals surface area contributed by atoms with Crippen LogP contribution in [0.25, 0.3) is 0 Å². The molecule has 0 unspecified atom stereocenters. The molecule has 0 aliphatic carbocycles. The monoisotopic (exact) mass is 233 g/mol. The number of nitrogens with two attached hydrogens (primary N) is 1. The van der Waals surface area contributed by atoms with Crippen LogP contribution >= 0.6 is 24.0 Å². The number of carbonyl (C=O) groups excluding carboxylic acids is 1. The fourth-order valence-corrected chi connectivity index (χ4v) is 0.966. The summed E-state index contributed by atoms with van der Waals surface area (Å²) in [6.45, 7) is 0. The maximum Gasteiger partial charge on any atom is 0.252 e. The molecule has 0 fully saturated rings. The molecule has 0 saturated carbocycles. The largest absolute Gasteiger partial charge is 0.370 e. The highest BCUT2D eigenvalue weighted by Crippen LogP contribution is 2.10. The highest BCUT2D eigenvalue weighted by atomic mass is 35.5. The SMILES string of the molecule is Cl.N=C(N)Nc1ccc(C(=O)Cl)cc1. The first-order chi connectivity index (χ1) is 6.09. The second-order valence-corrected chi connectivity index (χ2v) is 2.73. The van der Waals surface area contributed by atoms with E-state index < -0.39 is 5.24 Å². The van der Waals surface area contributed by atoms with Gasteiger partial charge in [0.15, 0.2) is 5.96 Å². The van der Waals surface area contributed by atoms with Crippen molar-refractivity contribution in [3.05, 3.63) is 29.8 Å². The minimum absolute atomic E-state index is 0. The third kappa shape index (κ3) is 3.64. The van der Waals surface area contributed by atoms with Gasteiger partial charge in [-0.2, -0.15) is 0 Å². The predicted molar refractivity (Wildman–Crippen MR) is 59.4 cm³/mol. The van der Waals surface area contributed by atoms with Crippen LogP contribution in [0.4, 0.5) is 5.69 Å². The molecule has 0 aliphatic rings. The minimum atomic E-state index is -0.505. The lowest BCUT2D eigenvalue weighted by Gasteiger charge is -2.02. The van der Waals surface area contributed by atoms with E-state index >= 15 is 0 Å². The molecule has 76 valence electrons. The zero-order chi connectivity index (χ0) is 9.84. The number of hydrogen-bond acceptors (Lipinski definition) is 2. The van der Waals surface area contributed by atoms with E-state index in [9.17, 15) is 4.79 Å². The van der Waals surface area contributed by atoms with Gasteiger partial charge in [-0.3, -0.25) is 10.2 Å². The molecule has 4 nitrogen and oxygen atoms in total. The van der Waals surface area contributed by atoms with Crippen molar-refractivity contribution in [1.29, 1.82) is 5.41 Å². The fraction of sp³-hybridized carbons (Fsp3) is 0. The number of benzene rings is 1. The number of nitrogens with one attached hydrogen (secondary N) is 2. The summed E-state index contributed by atoms with van der Waals surface area (Å²) in [6, 6.07) is 6.36. The van der Waals surface area contributed by atoms with Gasteiger partial charge in [0.2, 0.25) is 0 Å². The van der Waals surface area contributed by atoms with Crippen molar-refractivity contribution in [2.24, 2.45) is 5.73 Å². The first kappa shape index (κ1) is 12.7. The van der Waals surface area contributed by atoms with Gasteiger partial charge in [-0.1, -0.05) is 0 Å². The lowest BCUT2D eigenvalue weighted by molar-refractivity contribution is 0.108. The molecule has 0 spiro atoms. The number of anilines is 1. The van der Waals surface area contributed by atoms with Crippen LogP contribution in [-0.4, -0.2) is 11.2 Å². The number of carbonyl (C=O) groups is 1. The van der Waals surface area contributed by atoms with E-state index in [1.807, 2.05) is 0 Å². The summed E-state index contributed by atoms with van der Waals surface area (Å²) in [4.78, 5) is 10.7. The molecular weight excluding hydrogens is 225 g/mol. The topological polar surface area (TPSA) is 79.0 Å². The molecule has 1 aromatic rings. The Morgan fingerprint density at radius 1 is 1.36 bits per heavy atom. The van der Waals surface area contributed by atoms with Gasteiger partial charge in [-0.25, -0.2) is 0 Å². The summed E-state index contributed by atoms with van der Waals surface area (Å²) in [5.74, 6) is -0.148. The third-order valence-corrected chi connectivity index (χ3v) is 1.61. The second kappa shape index (κ2) is 5.47. The van der Waals surface area contributed by atoms with Crippen LogP contribution in [0.1, 0.15) is 10.4 Å². The summed E-state index contributed by atoms with van der Waals surface area (Å²) in [6.07, 6.45) is 0. The van der Waals surface area contributed by atoms with Crippen LogP contribution in [0.5, 0.6) is 0 Å². The first-order valence-electron chi connectivity index (χ1n) is 3.50. The van der Waals surface area contributed by atoms with E-state index in [0.29, 0.717) is 11.3 Å². The number of rotatable bonds is 2. The normalized spacial score (nSPS) is 8.64.